The van der Waals surface area contributed by atoms with Crippen LogP contribution in [0, 0.1) is 18.7 Å². The van der Waals surface area contributed by atoms with Crippen molar-refractivity contribution in [1.29, 1.82) is 0 Å². The fraction of sp³-hybridized carbons (Fsp3) is 0.438. The molecule has 1 aliphatic rings. The third-order valence-electron chi connectivity index (χ3n) is 4.10. The summed E-state index contributed by atoms with van der Waals surface area (Å²) in [7, 11) is 0. The number of carbonyl (C=O) groups excluding carboxylic acids is 1. The van der Waals surface area contributed by atoms with Gasteiger partial charge in [-0.1, -0.05) is 17.7 Å². The van der Waals surface area contributed by atoms with Gasteiger partial charge in [0.05, 0.1) is 10.6 Å². The Kier molecular flexibility index (Phi) is 4.61. The quantitative estimate of drug-likeness (QED) is 0.929. The van der Waals surface area contributed by atoms with E-state index in [1.54, 1.807) is 6.92 Å². The van der Waals surface area contributed by atoms with Crippen LogP contribution >= 0.6 is 11.6 Å². The number of hydrogen-bond acceptors (Lipinski definition) is 4. The first-order valence-corrected chi connectivity index (χ1v) is 7.94. The summed E-state index contributed by atoms with van der Waals surface area (Å²) in [4.78, 5) is 12.2. The van der Waals surface area contributed by atoms with Gasteiger partial charge in [0.1, 0.15) is 5.82 Å². The summed E-state index contributed by atoms with van der Waals surface area (Å²) in [5, 5.41) is 10.6. The fourth-order valence-corrected chi connectivity index (χ4v) is 3.21. The van der Waals surface area contributed by atoms with Gasteiger partial charge in [0, 0.05) is 19.4 Å². The van der Waals surface area contributed by atoms with Gasteiger partial charge in [-0.15, -0.1) is 10.2 Å². The van der Waals surface area contributed by atoms with Gasteiger partial charge in [-0.2, -0.15) is 0 Å². The van der Waals surface area contributed by atoms with Crippen LogP contribution < -0.4 is 5.32 Å². The van der Waals surface area contributed by atoms with Crippen molar-refractivity contribution in [3.8, 4) is 0 Å². The largest absolute Gasteiger partial charge is 0.426 e. The lowest BCUT2D eigenvalue weighted by molar-refractivity contribution is 0.0937. The fourth-order valence-electron chi connectivity index (χ4n) is 3.00. The molecule has 1 saturated carbocycles. The lowest BCUT2D eigenvalue weighted by Gasteiger charge is -2.14. The van der Waals surface area contributed by atoms with Crippen LogP contribution in [0.4, 0.5) is 4.39 Å². The Morgan fingerprint density at radius 1 is 1.43 bits per heavy atom. The molecule has 1 aliphatic carbocycles. The number of benzene rings is 1. The van der Waals surface area contributed by atoms with Crippen LogP contribution in [-0.4, -0.2) is 22.1 Å². The van der Waals surface area contributed by atoms with Crippen molar-refractivity contribution < 1.29 is 13.6 Å². The molecular weight excluding hydrogens is 321 g/mol. The smallest absolute Gasteiger partial charge is 0.253 e. The van der Waals surface area contributed by atoms with Gasteiger partial charge in [-0.3, -0.25) is 4.79 Å². The van der Waals surface area contributed by atoms with Crippen LogP contribution in [0.2, 0.25) is 5.02 Å². The van der Waals surface area contributed by atoms with E-state index in [0.29, 0.717) is 24.1 Å². The van der Waals surface area contributed by atoms with Crippen molar-refractivity contribution in [3.05, 3.63) is 46.4 Å². The maximum Gasteiger partial charge on any atom is 0.253 e. The number of nitrogens with one attached hydrogen (secondary N) is 1. The van der Waals surface area contributed by atoms with Gasteiger partial charge in [0.15, 0.2) is 0 Å². The zero-order valence-electron chi connectivity index (χ0n) is 12.7. The maximum atomic E-state index is 13.4. The van der Waals surface area contributed by atoms with Crippen molar-refractivity contribution in [2.75, 3.05) is 0 Å². The van der Waals surface area contributed by atoms with Crippen LogP contribution in [-0.2, 0) is 6.42 Å². The van der Waals surface area contributed by atoms with Crippen molar-refractivity contribution >= 4 is 17.5 Å². The Morgan fingerprint density at radius 3 is 3.00 bits per heavy atom. The Morgan fingerprint density at radius 2 is 2.26 bits per heavy atom. The number of nitrogens with zero attached hydrogens (tertiary/aromatic N) is 2. The van der Waals surface area contributed by atoms with Crippen molar-refractivity contribution in [2.45, 2.75) is 38.6 Å². The molecule has 0 saturated heterocycles. The van der Waals surface area contributed by atoms with Gasteiger partial charge in [0.2, 0.25) is 11.8 Å². The normalized spacial score (nSPS) is 20.7. The monoisotopic (exact) mass is 337 g/mol. The van der Waals surface area contributed by atoms with E-state index in [4.69, 9.17) is 16.0 Å². The molecule has 1 heterocycles. The molecule has 1 N–H and O–H groups in total. The molecule has 1 fully saturated rings. The van der Waals surface area contributed by atoms with Crippen molar-refractivity contribution in [3.63, 3.8) is 0 Å². The highest BCUT2D eigenvalue weighted by molar-refractivity contribution is 6.34. The number of aromatic nitrogens is 2. The molecule has 122 valence electrons. The third kappa shape index (κ3) is 3.69. The maximum absolute atomic E-state index is 13.4. The Bertz CT molecular complexity index is 719. The molecular formula is C16H17ClFN3O2. The standard InChI is InChI=1S/C16H17ClFN3O2/c1-9-20-21-14(23-9)8-10-5-6-11(7-10)19-16(22)12-3-2-4-13(18)15(12)17/h2-4,10-11H,5-8H2,1H3,(H,19,22)/t10-,11+/m1/s1. The minimum atomic E-state index is -0.588. The van der Waals surface area contributed by atoms with Crippen molar-refractivity contribution in [1.82, 2.24) is 15.5 Å². The first-order valence-electron chi connectivity index (χ1n) is 7.57. The van der Waals surface area contributed by atoms with Crippen LogP contribution in [0.5, 0.6) is 0 Å². The molecule has 1 aromatic heterocycles. The summed E-state index contributed by atoms with van der Waals surface area (Å²) < 4.78 is 18.8. The summed E-state index contributed by atoms with van der Waals surface area (Å²) in [5.41, 5.74) is 0.169. The summed E-state index contributed by atoms with van der Waals surface area (Å²) in [6, 6.07) is 4.28. The highest BCUT2D eigenvalue weighted by Gasteiger charge is 2.28. The number of rotatable bonds is 4. The Balaban J connectivity index is 1.57. The van der Waals surface area contributed by atoms with E-state index >= 15 is 0 Å². The number of hydrogen-bond donors (Lipinski definition) is 1. The number of aryl methyl sites for hydroxylation is 1. The molecule has 0 radical (unpaired) electrons. The number of amides is 1. The summed E-state index contributed by atoms with van der Waals surface area (Å²) >= 11 is 5.85. The predicted octanol–water partition coefficient (Wildman–Crippen LogP) is 3.31. The SMILES string of the molecule is Cc1nnc(C[C@@H]2CC[C@H](NC(=O)c3cccc(F)c3Cl)C2)o1. The second kappa shape index (κ2) is 6.66. The van der Waals surface area contributed by atoms with E-state index < -0.39 is 5.82 Å². The first kappa shape index (κ1) is 15.9. The molecule has 3 rings (SSSR count). The van der Waals surface area contributed by atoms with Crippen LogP contribution in [0.15, 0.2) is 22.6 Å². The number of carbonyl (C=O) groups is 1. The Labute approximate surface area is 138 Å². The first-order chi connectivity index (χ1) is 11.0. The van der Waals surface area contributed by atoms with Crippen molar-refractivity contribution in [2.24, 2.45) is 5.92 Å². The summed E-state index contributed by atoms with van der Waals surface area (Å²) in [6.07, 6.45) is 3.40. The average molecular weight is 338 g/mol. The minimum absolute atomic E-state index is 0.0517. The molecule has 0 spiro atoms. The summed E-state index contributed by atoms with van der Waals surface area (Å²) in [5.74, 6) is 0.656. The molecule has 7 heteroatoms. The Hall–Kier alpha value is -1.95. The molecule has 2 atom stereocenters. The average Bonchev–Trinajstić information content (AvgIpc) is 3.11. The van der Waals surface area contributed by atoms with E-state index in [-0.39, 0.29) is 22.5 Å². The molecule has 1 amide bonds. The molecule has 23 heavy (non-hydrogen) atoms. The van der Waals surface area contributed by atoms with Gasteiger partial charge < -0.3 is 9.73 Å². The zero-order valence-corrected chi connectivity index (χ0v) is 13.4. The highest BCUT2D eigenvalue weighted by Crippen LogP contribution is 2.29. The number of halogens is 2. The second-order valence-corrected chi connectivity index (χ2v) is 6.25. The van der Waals surface area contributed by atoms with Gasteiger partial charge >= 0.3 is 0 Å². The third-order valence-corrected chi connectivity index (χ3v) is 4.49. The van der Waals surface area contributed by atoms with Crippen LogP contribution in [0.1, 0.15) is 41.4 Å². The molecule has 5 nitrogen and oxygen atoms in total. The van der Waals surface area contributed by atoms with Gasteiger partial charge in [-0.05, 0) is 37.3 Å². The molecule has 2 aromatic rings. The van der Waals surface area contributed by atoms with Crippen LogP contribution in [0.25, 0.3) is 0 Å². The lowest BCUT2D eigenvalue weighted by atomic mass is 10.0. The van der Waals surface area contributed by atoms with Crippen LogP contribution in [0.3, 0.4) is 0 Å². The topological polar surface area (TPSA) is 68.0 Å². The molecule has 0 aliphatic heterocycles. The molecule has 1 aromatic carbocycles. The molecule has 0 bridgehead atoms. The lowest BCUT2D eigenvalue weighted by Crippen LogP contribution is -2.33. The predicted molar refractivity (Wildman–Crippen MR) is 82.7 cm³/mol. The van der Waals surface area contributed by atoms with E-state index in [0.717, 1.165) is 19.3 Å². The van der Waals surface area contributed by atoms with Gasteiger partial charge in [0.25, 0.3) is 5.91 Å². The minimum Gasteiger partial charge on any atom is -0.426 e. The van der Waals surface area contributed by atoms with E-state index in [1.165, 1.54) is 18.2 Å². The summed E-state index contributed by atoms with van der Waals surface area (Å²) in [6.45, 7) is 1.76. The highest BCUT2D eigenvalue weighted by atomic mass is 35.5. The van der Waals surface area contributed by atoms with E-state index in [1.807, 2.05) is 0 Å². The zero-order chi connectivity index (χ0) is 16.4. The second-order valence-electron chi connectivity index (χ2n) is 5.87. The van der Waals surface area contributed by atoms with E-state index in [9.17, 15) is 9.18 Å². The van der Waals surface area contributed by atoms with Gasteiger partial charge in [-0.25, -0.2) is 4.39 Å². The molecule has 0 unspecified atom stereocenters. The van der Waals surface area contributed by atoms with E-state index in [2.05, 4.69) is 15.5 Å².